The Bertz CT molecular complexity index is 1250. The zero-order chi connectivity index (χ0) is 23.3. The molecule has 1 fully saturated rings. The lowest BCUT2D eigenvalue weighted by Gasteiger charge is -2.13. The number of nitrogens with zero attached hydrogens (tertiary/aromatic N) is 4. The summed E-state index contributed by atoms with van der Waals surface area (Å²) in [4.78, 5) is 15.8. The fourth-order valence-electron chi connectivity index (χ4n) is 4.16. The summed E-state index contributed by atoms with van der Waals surface area (Å²) in [6.45, 7) is 1.88. The Morgan fingerprint density at radius 2 is 1.71 bits per heavy atom. The fraction of sp³-hybridized carbons (Fsp3) is 0.259. The molecule has 1 saturated carbocycles. The van der Waals surface area contributed by atoms with E-state index in [2.05, 4.69) is 19.7 Å². The van der Waals surface area contributed by atoms with Crippen LogP contribution in [-0.4, -0.2) is 30.8 Å². The van der Waals surface area contributed by atoms with Crippen molar-refractivity contribution in [2.24, 2.45) is 0 Å². The molecule has 2 aromatic carbocycles. The average Bonchev–Trinajstić information content (AvgIpc) is 3.54. The second-order valence-electron chi connectivity index (χ2n) is 8.42. The first kappa shape index (κ1) is 22.3. The molecule has 0 N–H and O–H groups in total. The highest BCUT2D eigenvalue weighted by Crippen LogP contribution is 2.35. The van der Waals surface area contributed by atoms with Crippen molar-refractivity contribution < 1.29 is 9.53 Å². The van der Waals surface area contributed by atoms with Crippen LogP contribution in [0.5, 0.6) is 5.75 Å². The summed E-state index contributed by atoms with van der Waals surface area (Å²) in [5, 5.41) is 10.4. The maximum Gasteiger partial charge on any atom is 0.196 e. The van der Waals surface area contributed by atoms with Gasteiger partial charge in [0.15, 0.2) is 16.8 Å². The highest BCUT2D eigenvalue weighted by Gasteiger charge is 2.22. The highest BCUT2D eigenvalue weighted by atomic mass is 32.2. The van der Waals surface area contributed by atoms with Crippen LogP contribution in [0.1, 0.15) is 48.8 Å². The van der Waals surface area contributed by atoms with Crippen LogP contribution in [0.25, 0.3) is 16.8 Å². The molecule has 0 spiro atoms. The second kappa shape index (κ2) is 10.2. The fourth-order valence-corrected chi connectivity index (χ4v) is 5.43. The summed E-state index contributed by atoms with van der Waals surface area (Å²) in [7, 11) is 0. The number of carbonyl (C=O) groups excluding carboxylic acids is 1. The van der Waals surface area contributed by atoms with Gasteiger partial charge in [0.05, 0.1) is 11.9 Å². The minimum absolute atomic E-state index is 0.0687. The largest absolute Gasteiger partial charge is 0.486 e. The van der Waals surface area contributed by atoms with Gasteiger partial charge in [-0.05, 0) is 55.2 Å². The molecule has 172 valence electrons. The second-order valence-corrected chi connectivity index (χ2v) is 9.68. The Morgan fingerprint density at radius 1 is 1.00 bits per heavy atom. The van der Waals surface area contributed by atoms with Gasteiger partial charge in [-0.15, -0.1) is 10.2 Å². The molecular formula is C27H26N4O2S. The van der Waals surface area contributed by atoms with Gasteiger partial charge in [0.1, 0.15) is 12.4 Å². The maximum absolute atomic E-state index is 11.5. The Morgan fingerprint density at radius 3 is 2.35 bits per heavy atom. The third-order valence-corrected chi connectivity index (χ3v) is 7.31. The monoisotopic (exact) mass is 470 g/mol. The minimum Gasteiger partial charge on any atom is -0.486 e. The summed E-state index contributed by atoms with van der Waals surface area (Å²) in [6.07, 6.45) is 8.61. The van der Waals surface area contributed by atoms with E-state index in [9.17, 15) is 4.79 Å². The Hall–Kier alpha value is -3.45. The molecule has 0 bridgehead atoms. The van der Waals surface area contributed by atoms with Crippen molar-refractivity contribution in [3.63, 3.8) is 0 Å². The Balaban J connectivity index is 1.31. The van der Waals surface area contributed by atoms with Crippen LogP contribution in [0.15, 0.2) is 78.2 Å². The first-order valence-corrected chi connectivity index (χ1v) is 12.4. The van der Waals surface area contributed by atoms with Crippen molar-refractivity contribution in [1.29, 1.82) is 0 Å². The molecule has 0 amide bonds. The number of Topliss-reactive ketones (excluding diaryl/α,β-unsaturated/α-hetero) is 1. The molecule has 0 radical (unpaired) electrons. The summed E-state index contributed by atoms with van der Waals surface area (Å²) < 4.78 is 8.14. The van der Waals surface area contributed by atoms with Crippen LogP contribution in [-0.2, 0) is 6.61 Å². The first-order chi connectivity index (χ1) is 16.7. The van der Waals surface area contributed by atoms with Crippen molar-refractivity contribution in [2.45, 2.75) is 49.6 Å². The van der Waals surface area contributed by atoms with E-state index in [1.807, 2.05) is 66.9 Å². The number of ether oxygens (including phenoxy) is 1. The number of aromatic nitrogens is 4. The summed E-state index contributed by atoms with van der Waals surface area (Å²) >= 11 is 1.80. The van der Waals surface area contributed by atoms with Crippen molar-refractivity contribution in [3.05, 3.63) is 84.4 Å². The number of thioether (sulfide) groups is 1. The molecule has 4 aromatic rings. The van der Waals surface area contributed by atoms with Crippen molar-refractivity contribution >= 4 is 17.5 Å². The zero-order valence-electron chi connectivity index (χ0n) is 19.1. The van der Waals surface area contributed by atoms with Crippen LogP contribution < -0.4 is 4.74 Å². The van der Waals surface area contributed by atoms with E-state index >= 15 is 0 Å². The van der Waals surface area contributed by atoms with E-state index in [4.69, 9.17) is 4.74 Å². The molecule has 1 aliphatic rings. The van der Waals surface area contributed by atoms with Crippen molar-refractivity contribution in [2.75, 3.05) is 0 Å². The van der Waals surface area contributed by atoms with E-state index in [-0.39, 0.29) is 5.78 Å². The maximum atomic E-state index is 11.5. The van der Waals surface area contributed by atoms with Gasteiger partial charge in [0.2, 0.25) is 0 Å². The first-order valence-electron chi connectivity index (χ1n) is 11.5. The van der Waals surface area contributed by atoms with Crippen molar-refractivity contribution in [3.8, 4) is 22.6 Å². The standard InChI is InChI=1S/C27H26N4O2S/c1-19(32)20-8-10-21(11-9-20)22-12-14-24(15-13-22)33-18-26-29-30-27(34-25-6-2-3-7-25)31(26)23-5-4-16-28-17-23/h4-5,8-17,25H,2-3,6-7,18H2,1H3. The number of benzene rings is 2. The molecule has 5 rings (SSSR count). The minimum atomic E-state index is 0.0687. The van der Waals surface area contributed by atoms with Crippen LogP contribution in [0.2, 0.25) is 0 Å². The van der Waals surface area contributed by atoms with E-state index in [1.54, 1.807) is 24.9 Å². The highest BCUT2D eigenvalue weighted by molar-refractivity contribution is 7.99. The SMILES string of the molecule is CC(=O)c1ccc(-c2ccc(OCc3nnc(SC4CCCC4)n3-c3cccnc3)cc2)cc1. The predicted octanol–water partition coefficient (Wildman–Crippen LogP) is 6.15. The molecular weight excluding hydrogens is 444 g/mol. The summed E-state index contributed by atoms with van der Waals surface area (Å²) in [6, 6.07) is 19.5. The van der Waals surface area contributed by atoms with E-state index in [0.29, 0.717) is 17.4 Å². The molecule has 34 heavy (non-hydrogen) atoms. The normalized spacial score (nSPS) is 13.8. The van der Waals surface area contributed by atoms with Gasteiger partial charge < -0.3 is 4.74 Å². The molecule has 1 aliphatic carbocycles. The van der Waals surface area contributed by atoms with E-state index in [1.165, 1.54) is 25.7 Å². The van der Waals surface area contributed by atoms with Gasteiger partial charge in [-0.3, -0.25) is 14.3 Å². The van der Waals surface area contributed by atoms with Crippen LogP contribution in [0.4, 0.5) is 0 Å². The lowest BCUT2D eigenvalue weighted by molar-refractivity contribution is 0.101. The molecule has 0 aliphatic heterocycles. The number of pyridine rings is 1. The molecule has 0 atom stereocenters. The van der Waals surface area contributed by atoms with Gasteiger partial charge in [-0.25, -0.2) is 0 Å². The third-order valence-electron chi connectivity index (χ3n) is 6.03. The van der Waals surface area contributed by atoms with E-state index < -0.39 is 0 Å². The Kier molecular flexibility index (Phi) is 6.72. The number of carbonyl (C=O) groups is 1. The van der Waals surface area contributed by atoms with Gasteiger partial charge in [0, 0.05) is 17.0 Å². The average molecular weight is 471 g/mol. The lowest BCUT2D eigenvalue weighted by atomic mass is 10.0. The van der Waals surface area contributed by atoms with E-state index in [0.717, 1.165) is 33.5 Å². The third kappa shape index (κ3) is 5.04. The smallest absolute Gasteiger partial charge is 0.196 e. The van der Waals surface area contributed by atoms with Gasteiger partial charge in [0.25, 0.3) is 0 Å². The quantitative estimate of drug-likeness (QED) is 0.288. The molecule has 6 nitrogen and oxygen atoms in total. The van der Waals surface area contributed by atoms with Crippen LogP contribution in [0, 0.1) is 0 Å². The summed E-state index contributed by atoms with van der Waals surface area (Å²) in [5.74, 6) is 1.58. The van der Waals surface area contributed by atoms with Crippen LogP contribution >= 0.6 is 11.8 Å². The molecule has 0 unspecified atom stereocenters. The Labute approximate surface area is 203 Å². The molecule has 2 heterocycles. The van der Waals surface area contributed by atoms with Gasteiger partial charge in [-0.1, -0.05) is 61.0 Å². The number of hydrogen-bond acceptors (Lipinski definition) is 6. The van der Waals surface area contributed by atoms with Gasteiger partial charge in [-0.2, -0.15) is 0 Å². The molecule has 7 heteroatoms. The molecule has 0 saturated heterocycles. The van der Waals surface area contributed by atoms with Crippen molar-refractivity contribution in [1.82, 2.24) is 19.7 Å². The number of hydrogen-bond donors (Lipinski definition) is 0. The molecule has 2 aromatic heterocycles. The predicted molar refractivity (Wildman–Crippen MR) is 133 cm³/mol. The topological polar surface area (TPSA) is 69.9 Å². The van der Waals surface area contributed by atoms with Gasteiger partial charge >= 0.3 is 0 Å². The zero-order valence-corrected chi connectivity index (χ0v) is 19.9. The number of ketones is 1. The number of rotatable bonds is 8. The lowest BCUT2D eigenvalue weighted by Crippen LogP contribution is -2.08. The van der Waals surface area contributed by atoms with Crippen LogP contribution in [0.3, 0.4) is 0 Å². The summed E-state index contributed by atoms with van der Waals surface area (Å²) in [5.41, 5.74) is 3.78.